The Labute approximate surface area is 134 Å². The summed E-state index contributed by atoms with van der Waals surface area (Å²) in [6.07, 6.45) is 0. The molecule has 2 N–H and O–H groups in total. The van der Waals surface area contributed by atoms with E-state index in [4.69, 9.17) is 4.74 Å². The standard InChI is InChI=1S/C17H19F2N3O/c1-20-17(22-12-13-5-3-2-4-6-13)21-9-10-23-14-7-8-15(18)16(19)11-14/h2-8,11H,9-10,12H2,1H3,(H2,20,21,22). The number of halogens is 2. The van der Waals surface area contributed by atoms with Crippen molar-refractivity contribution >= 4 is 5.96 Å². The van der Waals surface area contributed by atoms with E-state index in [0.717, 1.165) is 17.7 Å². The number of nitrogens with one attached hydrogen (secondary N) is 2. The molecule has 0 saturated carbocycles. The van der Waals surface area contributed by atoms with Gasteiger partial charge < -0.3 is 15.4 Å². The monoisotopic (exact) mass is 319 g/mol. The maximum absolute atomic E-state index is 13.0. The molecule has 2 aromatic carbocycles. The van der Waals surface area contributed by atoms with Crippen molar-refractivity contribution in [1.29, 1.82) is 0 Å². The van der Waals surface area contributed by atoms with E-state index in [2.05, 4.69) is 15.6 Å². The third-order valence-corrected chi connectivity index (χ3v) is 3.08. The van der Waals surface area contributed by atoms with Crippen LogP contribution in [0.1, 0.15) is 5.56 Å². The number of nitrogens with zero attached hydrogens (tertiary/aromatic N) is 1. The SMILES string of the molecule is CN=C(NCCOc1ccc(F)c(F)c1)NCc1ccccc1. The van der Waals surface area contributed by atoms with Crippen LogP contribution in [0.3, 0.4) is 0 Å². The molecule has 0 radical (unpaired) electrons. The second kappa shape index (κ2) is 8.73. The van der Waals surface area contributed by atoms with Crippen LogP contribution in [0.25, 0.3) is 0 Å². The summed E-state index contributed by atoms with van der Waals surface area (Å²) in [5.74, 6) is -0.877. The fourth-order valence-corrected chi connectivity index (χ4v) is 1.91. The Kier molecular flexibility index (Phi) is 6.35. The van der Waals surface area contributed by atoms with Crippen molar-refractivity contribution in [2.75, 3.05) is 20.2 Å². The van der Waals surface area contributed by atoms with Crippen molar-refractivity contribution in [3.8, 4) is 5.75 Å². The van der Waals surface area contributed by atoms with Crippen LogP contribution in [0, 0.1) is 11.6 Å². The van der Waals surface area contributed by atoms with Gasteiger partial charge in [0.15, 0.2) is 17.6 Å². The van der Waals surface area contributed by atoms with Gasteiger partial charge in [0.2, 0.25) is 0 Å². The van der Waals surface area contributed by atoms with Crippen LogP contribution < -0.4 is 15.4 Å². The van der Waals surface area contributed by atoms with E-state index >= 15 is 0 Å². The molecule has 6 heteroatoms. The van der Waals surface area contributed by atoms with E-state index in [1.54, 1.807) is 7.05 Å². The molecule has 0 aliphatic rings. The first-order valence-corrected chi connectivity index (χ1v) is 7.25. The quantitative estimate of drug-likeness (QED) is 0.489. The first kappa shape index (κ1) is 16.7. The molecule has 0 saturated heterocycles. The van der Waals surface area contributed by atoms with E-state index in [0.29, 0.717) is 25.7 Å². The van der Waals surface area contributed by atoms with Gasteiger partial charge in [0, 0.05) is 19.7 Å². The van der Waals surface area contributed by atoms with Crippen LogP contribution in [0.5, 0.6) is 5.75 Å². The highest BCUT2D eigenvalue weighted by molar-refractivity contribution is 5.79. The van der Waals surface area contributed by atoms with Crippen LogP contribution in [0.4, 0.5) is 8.78 Å². The van der Waals surface area contributed by atoms with Gasteiger partial charge in [0.1, 0.15) is 12.4 Å². The lowest BCUT2D eigenvalue weighted by molar-refractivity contribution is 0.318. The summed E-state index contributed by atoms with van der Waals surface area (Å²) in [5, 5.41) is 6.26. The van der Waals surface area contributed by atoms with Crippen LogP contribution >= 0.6 is 0 Å². The molecular formula is C17H19F2N3O. The summed E-state index contributed by atoms with van der Waals surface area (Å²) in [6.45, 7) is 1.44. The Morgan fingerprint density at radius 2 is 1.83 bits per heavy atom. The van der Waals surface area contributed by atoms with Crippen molar-refractivity contribution < 1.29 is 13.5 Å². The molecule has 0 bridgehead atoms. The van der Waals surface area contributed by atoms with Crippen molar-refractivity contribution in [1.82, 2.24) is 10.6 Å². The molecule has 0 aromatic heterocycles. The lowest BCUT2D eigenvalue weighted by Crippen LogP contribution is -2.38. The average molecular weight is 319 g/mol. The smallest absolute Gasteiger partial charge is 0.191 e. The van der Waals surface area contributed by atoms with Gasteiger partial charge in [-0.2, -0.15) is 0 Å². The molecule has 0 heterocycles. The number of ether oxygens (including phenoxy) is 1. The third kappa shape index (κ3) is 5.58. The fourth-order valence-electron chi connectivity index (χ4n) is 1.91. The largest absolute Gasteiger partial charge is 0.492 e. The molecule has 0 aliphatic heterocycles. The number of hydrogen-bond acceptors (Lipinski definition) is 2. The summed E-state index contributed by atoms with van der Waals surface area (Å²) in [7, 11) is 1.68. The van der Waals surface area contributed by atoms with Gasteiger partial charge in [-0.1, -0.05) is 30.3 Å². The minimum atomic E-state index is -0.921. The second-order valence-electron chi connectivity index (χ2n) is 4.76. The highest BCUT2D eigenvalue weighted by Crippen LogP contribution is 2.14. The average Bonchev–Trinajstić information content (AvgIpc) is 2.58. The van der Waals surface area contributed by atoms with Crippen molar-refractivity contribution in [2.24, 2.45) is 4.99 Å². The number of aliphatic imine (C=N–C) groups is 1. The summed E-state index contributed by atoms with van der Waals surface area (Å²) >= 11 is 0. The Bertz CT molecular complexity index is 648. The third-order valence-electron chi connectivity index (χ3n) is 3.08. The minimum absolute atomic E-state index is 0.290. The Balaban J connectivity index is 1.70. The van der Waals surface area contributed by atoms with Crippen LogP contribution in [0.15, 0.2) is 53.5 Å². The fraction of sp³-hybridized carbons (Fsp3) is 0.235. The van der Waals surface area contributed by atoms with E-state index in [1.807, 2.05) is 30.3 Å². The van der Waals surface area contributed by atoms with E-state index in [9.17, 15) is 8.78 Å². The maximum Gasteiger partial charge on any atom is 0.191 e. The van der Waals surface area contributed by atoms with E-state index in [-0.39, 0.29) is 5.75 Å². The summed E-state index contributed by atoms with van der Waals surface area (Å²) in [5.41, 5.74) is 1.15. The highest BCUT2D eigenvalue weighted by Gasteiger charge is 2.03. The number of benzene rings is 2. The molecular weight excluding hydrogens is 300 g/mol. The molecule has 0 aliphatic carbocycles. The molecule has 122 valence electrons. The summed E-state index contributed by atoms with van der Waals surface area (Å²) < 4.78 is 31.2. The molecule has 23 heavy (non-hydrogen) atoms. The molecule has 0 spiro atoms. The predicted octanol–water partition coefficient (Wildman–Crippen LogP) is 2.71. The molecule has 2 aromatic rings. The number of hydrogen-bond donors (Lipinski definition) is 2. The lowest BCUT2D eigenvalue weighted by Gasteiger charge is -2.12. The maximum atomic E-state index is 13.0. The van der Waals surface area contributed by atoms with Crippen LogP contribution in [-0.4, -0.2) is 26.2 Å². The van der Waals surface area contributed by atoms with E-state index < -0.39 is 11.6 Å². The summed E-state index contributed by atoms with van der Waals surface area (Å²) in [4.78, 5) is 4.10. The Hall–Kier alpha value is -2.63. The zero-order valence-electron chi connectivity index (χ0n) is 12.9. The van der Waals surface area contributed by atoms with Crippen LogP contribution in [0.2, 0.25) is 0 Å². The Morgan fingerprint density at radius 1 is 1.04 bits per heavy atom. The molecule has 0 fully saturated rings. The number of guanidine groups is 1. The highest BCUT2D eigenvalue weighted by atomic mass is 19.2. The molecule has 4 nitrogen and oxygen atoms in total. The Morgan fingerprint density at radius 3 is 2.52 bits per heavy atom. The topological polar surface area (TPSA) is 45.7 Å². The normalized spacial score (nSPS) is 11.2. The van der Waals surface area contributed by atoms with Crippen molar-refractivity contribution in [3.05, 3.63) is 65.7 Å². The zero-order valence-corrected chi connectivity index (χ0v) is 12.9. The van der Waals surface area contributed by atoms with Crippen LogP contribution in [-0.2, 0) is 6.54 Å². The first-order valence-electron chi connectivity index (χ1n) is 7.25. The van der Waals surface area contributed by atoms with Crippen molar-refractivity contribution in [3.63, 3.8) is 0 Å². The minimum Gasteiger partial charge on any atom is -0.492 e. The predicted molar refractivity (Wildman–Crippen MR) is 86.5 cm³/mol. The van der Waals surface area contributed by atoms with Gasteiger partial charge in [-0.25, -0.2) is 8.78 Å². The van der Waals surface area contributed by atoms with E-state index in [1.165, 1.54) is 6.07 Å². The van der Waals surface area contributed by atoms with Gasteiger partial charge >= 0.3 is 0 Å². The van der Waals surface area contributed by atoms with Gasteiger partial charge in [0.25, 0.3) is 0 Å². The number of rotatable bonds is 6. The molecule has 0 amide bonds. The molecule has 2 rings (SSSR count). The molecule has 0 unspecified atom stereocenters. The lowest BCUT2D eigenvalue weighted by atomic mass is 10.2. The van der Waals surface area contributed by atoms with Gasteiger partial charge in [-0.3, -0.25) is 4.99 Å². The summed E-state index contributed by atoms with van der Waals surface area (Å²) in [6, 6.07) is 13.4. The van der Waals surface area contributed by atoms with Gasteiger partial charge in [0.05, 0.1) is 6.54 Å². The first-order chi connectivity index (χ1) is 11.2. The van der Waals surface area contributed by atoms with Gasteiger partial charge in [-0.05, 0) is 17.7 Å². The second-order valence-corrected chi connectivity index (χ2v) is 4.76. The molecule has 0 atom stereocenters. The van der Waals surface area contributed by atoms with Gasteiger partial charge in [-0.15, -0.1) is 0 Å². The van der Waals surface area contributed by atoms with Crippen molar-refractivity contribution in [2.45, 2.75) is 6.54 Å². The zero-order chi connectivity index (χ0) is 16.5.